The molecule has 0 saturated carbocycles. The van der Waals surface area contributed by atoms with Crippen LogP contribution in [0.15, 0.2) is 51.4 Å². The van der Waals surface area contributed by atoms with Gasteiger partial charge in [0.15, 0.2) is 0 Å². The number of hydrogen-bond acceptors (Lipinski definition) is 2. The molecule has 0 heterocycles. The first-order valence-corrected chi connectivity index (χ1v) is 8.07. The molecule has 0 fully saturated rings. The second-order valence-electron chi connectivity index (χ2n) is 4.79. The molecular weight excluding hydrogens is 380 g/mol. The molecule has 0 bridgehead atoms. The molecule has 106 valence electrons. The Balaban J connectivity index is 2.21. The highest BCUT2D eigenvalue weighted by Crippen LogP contribution is 2.26. The van der Waals surface area contributed by atoms with Gasteiger partial charge in [0.05, 0.1) is 0 Å². The molecule has 2 rings (SSSR count). The SMILES string of the molecule is CNCc1ccc(Br)cc1N(C)Cc1ccc(Br)cc1. The van der Waals surface area contributed by atoms with Crippen molar-refractivity contribution in [2.45, 2.75) is 13.1 Å². The molecule has 0 aliphatic carbocycles. The van der Waals surface area contributed by atoms with E-state index in [1.54, 1.807) is 0 Å². The maximum atomic E-state index is 3.56. The number of nitrogens with zero attached hydrogens (tertiary/aromatic N) is 1. The van der Waals surface area contributed by atoms with Crippen molar-refractivity contribution in [3.05, 3.63) is 62.5 Å². The molecule has 2 aromatic rings. The number of hydrogen-bond donors (Lipinski definition) is 1. The van der Waals surface area contributed by atoms with Gasteiger partial charge in [0.25, 0.3) is 0 Å². The van der Waals surface area contributed by atoms with E-state index in [1.807, 2.05) is 7.05 Å². The van der Waals surface area contributed by atoms with E-state index < -0.39 is 0 Å². The Kier molecular flexibility index (Phi) is 5.64. The molecule has 1 N–H and O–H groups in total. The number of anilines is 1. The van der Waals surface area contributed by atoms with E-state index in [0.717, 1.165) is 22.0 Å². The summed E-state index contributed by atoms with van der Waals surface area (Å²) in [5.41, 5.74) is 3.85. The lowest BCUT2D eigenvalue weighted by atomic mass is 10.1. The zero-order valence-electron chi connectivity index (χ0n) is 11.7. The van der Waals surface area contributed by atoms with Crippen LogP contribution in [0.1, 0.15) is 11.1 Å². The second-order valence-corrected chi connectivity index (χ2v) is 6.62. The number of nitrogens with one attached hydrogen (secondary N) is 1. The Morgan fingerprint density at radius 2 is 1.65 bits per heavy atom. The molecule has 0 aliphatic heterocycles. The predicted molar refractivity (Wildman–Crippen MR) is 93.2 cm³/mol. The normalized spacial score (nSPS) is 10.6. The molecule has 2 aromatic carbocycles. The predicted octanol–water partition coefficient (Wildman–Crippen LogP) is 4.57. The summed E-state index contributed by atoms with van der Waals surface area (Å²) < 4.78 is 2.22. The van der Waals surface area contributed by atoms with Gasteiger partial charge in [0.2, 0.25) is 0 Å². The standard InChI is InChI=1S/C16H18Br2N2/c1-19-10-13-5-8-15(18)9-16(13)20(2)11-12-3-6-14(17)7-4-12/h3-9,19H,10-11H2,1-2H3. The fourth-order valence-corrected chi connectivity index (χ4v) is 2.79. The Bertz CT molecular complexity index is 567. The molecule has 20 heavy (non-hydrogen) atoms. The number of benzene rings is 2. The van der Waals surface area contributed by atoms with Crippen LogP contribution in [0.25, 0.3) is 0 Å². The first-order valence-electron chi connectivity index (χ1n) is 6.49. The lowest BCUT2D eigenvalue weighted by molar-refractivity contribution is 0.805. The summed E-state index contributed by atoms with van der Waals surface area (Å²) in [6.45, 7) is 1.76. The molecule has 2 nitrogen and oxygen atoms in total. The fraction of sp³-hybridized carbons (Fsp3) is 0.250. The topological polar surface area (TPSA) is 15.3 Å². The molecule has 0 spiro atoms. The largest absolute Gasteiger partial charge is 0.370 e. The van der Waals surface area contributed by atoms with Crippen molar-refractivity contribution in [2.24, 2.45) is 0 Å². The summed E-state index contributed by atoms with van der Waals surface area (Å²) in [7, 11) is 4.10. The van der Waals surface area contributed by atoms with E-state index in [2.05, 4.69) is 91.6 Å². The van der Waals surface area contributed by atoms with Gasteiger partial charge in [-0.25, -0.2) is 0 Å². The van der Waals surface area contributed by atoms with E-state index in [-0.39, 0.29) is 0 Å². The van der Waals surface area contributed by atoms with Crippen LogP contribution in [0.4, 0.5) is 5.69 Å². The molecule has 0 saturated heterocycles. The Morgan fingerprint density at radius 1 is 1.00 bits per heavy atom. The van der Waals surface area contributed by atoms with Gasteiger partial charge in [-0.2, -0.15) is 0 Å². The molecule has 0 unspecified atom stereocenters. The van der Waals surface area contributed by atoms with Gasteiger partial charge in [0.1, 0.15) is 0 Å². The average molecular weight is 398 g/mol. The van der Waals surface area contributed by atoms with Gasteiger partial charge in [-0.15, -0.1) is 0 Å². The minimum atomic E-state index is 0.868. The van der Waals surface area contributed by atoms with Crippen LogP contribution >= 0.6 is 31.9 Å². The zero-order chi connectivity index (χ0) is 14.5. The Labute approximate surface area is 137 Å². The van der Waals surface area contributed by atoms with Crippen LogP contribution in [-0.2, 0) is 13.1 Å². The van der Waals surface area contributed by atoms with Crippen molar-refractivity contribution >= 4 is 37.5 Å². The molecule has 4 heteroatoms. The lowest BCUT2D eigenvalue weighted by Crippen LogP contribution is -2.19. The smallest absolute Gasteiger partial charge is 0.0426 e. The van der Waals surface area contributed by atoms with Crippen LogP contribution < -0.4 is 10.2 Å². The monoisotopic (exact) mass is 396 g/mol. The van der Waals surface area contributed by atoms with Gasteiger partial charge in [-0.3, -0.25) is 0 Å². The van der Waals surface area contributed by atoms with E-state index >= 15 is 0 Å². The summed E-state index contributed by atoms with van der Waals surface area (Å²) in [4.78, 5) is 2.28. The fourth-order valence-electron chi connectivity index (χ4n) is 2.18. The summed E-state index contributed by atoms with van der Waals surface area (Å²) >= 11 is 7.03. The van der Waals surface area contributed by atoms with Crippen molar-refractivity contribution < 1.29 is 0 Å². The molecule has 0 amide bonds. The van der Waals surface area contributed by atoms with Crippen LogP contribution in [0, 0.1) is 0 Å². The van der Waals surface area contributed by atoms with E-state index in [1.165, 1.54) is 16.8 Å². The molecule has 0 atom stereocenters. The third-order valence-electron chi connectivity index (χ3n) is 3.16. The average Bonchev–Trinajstić information content (AvgIpc) is 2.43. The third kappa shape index (κ3) is 4.08. The summed E-state index contributed by atoms with van der Waals surface area (Å²) in [5, 5.41) is 3.22. The first-order chi connectivity index (χ1) is 9.60. The summed E-state index contributed by atoms with van der Waals surface area (Å²) in [5.74, 6) is 0. The van der Waals surface area contributed by atoms with Crippen molar-refractivity contribution in [3.63, 3.8) is 0 Å². The minimum absolute atomic E-state index is 0.868. The van der Waals surface area contributed by atoms with Gasteiger partial charge in [-0.05, 0) is 42.4 Å². The zero-order valence-corrected chi connectivity index (χ0v) is 14.8. The van der Waals surface area contributed by atoms with E-state index in [0.29, 0.717) is 0 Å². The number of halogens is 2. The van der Waals surface area contributed by atoms with E-state index in [4.69, 9.17) is 0 Å². The van der Waals surface area contributed by atoms with Crippen LogP contribution in [0.3, 0.4) is 0 Å². The van der Waals surface area contributed by atoms with Crippen LogP contribution in [0.5, 0.6) is 0 Å². The molecule has 0 radical (unpaired) electrons. The van der Waals surface area contributed by atoms with Gasteiger partial charge < -0.3 is 10.2 Å². The quantitative estimate of drug-likeness (QED) is 0.794. The highest BCUT2D eigenvalue weighted by atomic mass is 79.9. The van der Waals surface area contributed by atoms with Crippen LogP contribution in [0.2, 0.25) is 0 Å². The van der Waals surface area contributed by atoms with Gasteiger partial charge in [-0.1, -0.05) is 50.1 Å². The lowest BCUT2D eigenvalue weighted by Gasteiger charge is -2.23. The molecule has 0 aliphatic rings. The van der Waals surface area contributed by atoms with Crippen molar-refractivity contribution in [1.29, 1.82) is 0 Å². The third-order valence-corrected chi connectivity index (χ3v) is 4.18. The Hall–Kier alpha value is -0.840. The van der Waals surface area contributed by atoms with Crippen LogP contribution in [-0.4, -0.2) is 14.1 Å². The minimum Gasteiger partial charge on any atom is -0.370 e. The van der Waals surface area contributed by atoms with Gasteiger partial charge >= 0.3 is 0 Å². The second kappa shape index (κ2) is 7.25. The summed E-state index contributed by atoms with van der Waals surface area (Å²) in [6.07, 6.45) is 0. The Morgan fingerprint density at radius 3 is 2.30 bits per heavy atom. The summed E-state index contributed by atoms with van der Waals surface area (Å²) in [6, 6.07) is 14.9. The highest BCUT2D eigenvalue weighted by Gasteiger charge is 2.08. The van der Waals surface area contributed by atoms with Crippen molar-refractivity contribution in [1.82, 2.24) is 5.32 Å². The molecular formula is C16H18Br2N2. The first kappa shape index (κ1) is 15.5. The van der Waals surface area contributed by atoms with Crippen molar-refractivity contribution in [3.8, 4) is 0 Å². The van der Waals surface area contributed by atoms with Gasteiger partial charge in [0, 0.05) is 34.8 Å². The number of rotatable bonds is 5. The molecule has 0 aromatic heterocycles. The van der Waals surface area contributed by atoms with Crippen molar-refractivity contribution in [2.75, 3.05) is 19.0 Å². The highest BCUT2D eigenvalue weighted by molar-refractivity contribution is 9.10. The maximum Gasteiger partial charge on any atom is 0.0426 e. The van der Waals surface area contributed by atoms with E-state index in [9.17, 15) is 0 Å². The maximum absolute atomic E-state index is 3.56.